The van der Waals surface area contributed by atoms with Gasteiger partial charge in [-0.3, -0.25) is 0 Å². The van der Waals surface area contributed by atoms with E-state index in [2.05, 4.69) is 0 Å². The molecule has 8 rings (SSSR count). The predicted molar refractivity (Wildman–Crippen MR) is 279 cm³/mol. The molecule has 0 spiro atoms. The zero-order valence-electron chi connectivity index (χ0n) is 36.1. The molecule has 0 heterocycles. The van der Waals surface area contributed by atoms with E-state index < -0.39 is 22.8 Å². The molecule has 0 aliphatic heterocycles. The third kappa shape index (κ3) is 24.9. The molecule has 0 atom stereocenters. The molecule has 0 N–H and O–H groups in total. The van der Waals surface area contributed by atoms with Crippen LogP contribution in [0.25, 0.3) is 0 Å². The Kier molecular flexibility index (Phi) is 28.9. The molecule has 0 amide bonds. The maximum atomic E-state index is 5.78. The molecule has 0 radical (unpaired) electrons. The Hall–Kier alpha value is 4.48. The second-order valence-electron chi connectivity index (χ2n) is 17.9. The number of rotatable bonds is 16. The minimum Gasteiger partial charge on any atom is -0.691 e. The van der Waals surface area contributed by atoms with Gasteiger partial charge in [-0.1, -0.05) is 150 Å². The second kappa shape index (κ2) is 30.4. The van der Waals surface area contributed by atoms with Gasteiger partial charge in [0.25, 0.3) is 0 Å². The molecule has 0 aromatic carbocycles. The van der Waals surface area contributed by atoms with Gasteiger partial charge in [-0.05, 0) is 103 Å². The van der Waals surface area contributed by atoms with Crippen molar-refractivity contribution in [2.45, 2.75) is 254 Å². The average molecular weight is 1180 g/mol. The first-order chi connectivity index (χ1) is 28.6. The first kappa shape index (κ1) is 58.1. The van der Waals surface area contributed by atoms with Gasteiger partial charge in [-0.25, -0.2) is 0 Å². The minimum absolute atomic E-state index is 0. The van der Waals surface area contributed by atoms with E-state index in [1.807, 2.05) is 0 Å². The normalized spacial score (nSPS) is 24.7. The van der Waals surface area contributed by atoms with Crippen molar-refractivity contribution in [3.05, 3.63) is 0 Å². The largest absolute Gasteiger partial charge is 4.00 e. The van der Waals surface area contributed by atoms with Crippen molar-refractivity contribution in [3.8, 4) is 0 Å². The fourth-order valence-corrected chi connectivity index (χ4v) is 20.2. The Bertz CT molecular complexity index is 1120. The molecular formula is C40H72O8P4S8Sn. The Labute approximate surface area is 429 Å². The van der Waals surface area contributed by atoms with Gasteiger partial charge in [-0.15, -0.1) is 0 Å². The topological polar surface area (TPSA) is 73.8 Å². The summed E-state index contributed by atoms with van der Waals surface area (Å²) in [6, 6.07) is 0. The second-order valence-corrected chi connectivity index (χ2v) is 37.5. The van der Waals surface area contributed by atoms with E-state index >= 15 is 0 Å². The Morgan fingerprint density at radius 3 is 0.393 bits per heavy atom. The Morgan fingerprint density at radius 1 is 0.230 bits per heavy atom. The number of hydrogen-bond donors (Lipinski definition) is 0. The molecule has 0 aromatic heterocycles. The van der Waals surface area contributed by atoms with Crippen LogP contribution < -0.4 is 0 Å². The molecule has 8 fully saturated rings. The van der Waals surface area contributed by atoms with Crippen LogP contribution in [-0.2, 0) is 132 Å². The summed E-state index contributed by atoms with van der Waals surface area (Å²) in [5.74, 6) is 0. The van der Waals surface area contributed by atoms with Crippen LogP contribution in [0.4, 0.5) is 0 Å². The predicted octanol–water partition coefficient (Wildman–Crippen LogP) is 14.3. The van der Waals surface area contributed by atoms with E-state index in [-0.39, 0.29) is 72.7 Å². The van der Waals surface area contributed by atoms with Gasteiger partial charge < -0.3 is 85.2 Å². The molecule has 8 saturated carbocycles. The zero-order valence-corrected chi connectivity index (χ0v) is 49.0. The minimum atomic E-state index is -2.37. The van der Waals surface area contributed by atoms with Gasteiger partial charge in [0, 0.05) is 0 Å². The molecule has 8 nitrogen and oxygen atoms in total. The van der Waals surface area contributed by atoms with E-state index in [0.717, 1.165) is 103 Å². The summed E-state index contributed by atoms with van der Waals surface area (Å²) in [7, 11) is 0. The molecule has 21 heteroatoms. The third-order valence-electron chi connectivity index (χ3n) is 12.6. The van der Waals surface area contributed by atoms with Crippen molar-refractivity contribution < 1.29 is 36.2 Å². The summed E-state index contributed by atoms with van der Waals surface area (Å²) in [5.41, 5.74) is -9.50. The average Bonchev–Trinajstić information content (AvgIpc) is 4.00. The SMILES string of the molecule is S=P([S-])(OC1CCCC1)OC1CCCC1.S=P([S-])(OC1CCCC1)OC1CCCC1.S=P([S-])(OC1CCCC1)OC1CCCC1.S=P([S-])(OC1CCCC1)OC1CCCC1.[Sn+4]. The summed E-state index contributed by atoms with van der Waals surface area (Å²) in [5, 5.41) is 0. The molecular weight excluding hydrogens is 1110 g/mol. The van der Waals surface area contributed by atoms with Crippen molar-refractivity contribution in [2.24, 2.45) is 0 Å². The monoisotopic (exact) mass is 1180 g/mol. The number of hydrogen-bond acceptors (Lipinski definition) is 16. The van der Waals surface area contributed by atoms with Crippen molar-refractivity contribution in [1.82, 2.24) is 0 Å². The van der Waals surface area contributed by atoms with Gasteiger partial charge in [0.05, 0.1) is 71.6 Å². The molecule has 8 aliphatic rings. The first-order valence-corrected chi connectivity index (χ1v) is 37.9. The van der Waals surface area contributed by atoms with Crippen molar-refractivity contribution in [2.75, 3.05) is 0 Å². The van der Waals surface area contributed by atoms with Crippen molar-refractivity contribution in [1.29, 1.82) is 0 Å². The van der Waals surface area contributed by atoms with E-state index in [0.29, 0.717) is 0 Å². The van der Waals surface area contributed by atoms with Crippen LogP contribution in [0.5, 0.6) is 0 Å². The van der Waals surface area contributed by atoms with Crippen LogP contribution in [0.2, 0.25) is 0 Å². The molecule has 352 valence electrons. The van der Waals surface area contributed by atoms with Gasteiger partial charge in [0.1, 0.15) is 0 Å². The fourth-order valence-electron chi connectivity index (χ4n) is 9.51. The molecule has 0 saturated heterocycles. The van der Waals surface area contributed by atoms with Gasteiger partial charge in [-0.2, -0.15) is 0 Å². The van der Waals surface area contributed by atoms with Crippen molar-refractivity contribution >= 4 is 143 Å². The first-order valence-electron chi connectivity index (χ1n) is 23.3. The van der Waals surface area contributed by atoms with Gasteiger partial charge in [0.2, 0.25) is 0 Å². The van der Waals surface area contributed by atoms with Gasteiger partial charge in [0.15, 0.2) is 0 Å². The fraction of sp³-hybridized carbons (Fsp3) is 1.00. The molecule has 61 heavy (non-hydrogen) atoms. The van der Waals surface area contributed by atoms with Crippen LogP contribution in [0.3, 0.4) is 0 Å². The van der Waals surface area contributed by atoms with E-state index in [9.17, 15) is 0 Å². The zero-order chi connectivity index (χ0) is 42.9. The summed E-state index contributed by atoms with van der Waals surface area (Å²) in [6.07, 6.45) is 40.1. The van der Waals surface area contributed by atoms with E-state index in [1.54, 1.807) is 0 Å². The molecule has 0 aromatic rings. The summed E-state index contributed by atoms with van der Waals surface area (Å²) in [6.45, 7) is 0. The molecule has 0 bridgehead atoms. The third-order valence-corrected chi connectivity index (χ3v) is 21.2. The van der Waals surface area contributed by atoms with Crippen molar-refractivity contribution in [3.63, 3.8) is 0 Å². The summed E-state index contributed by atoms with van der Waals surface area (Å²) in [4.78, 5) is 0. The quantitative estimate of drug-likeness (QED) is 0.0836. The maximum Gasteiger partial charge on any atom is 4.00 e. The van der Waals surface area contributed by atoms with Crippen LogP contribution >= 0.6 is 22.8 Å². The maximum absolute atomic E-state index is 5.78. The van der Waals surface area contributed by atoms with Crippen LogP contribution in [0, 0.1) is 0 Å². The van der Waals surface area contributed by atoms with Crippen LogP contribution in [-0.4, -0.2) is 72.7 Å². The van der Waals surface area contributed by atoms with Crippen LogP contribution in [0.1, 0.15) is 205 Å². The smallest absolute Gasteiger partial charge is 0.691 e. The Balaban J connectivity index is 0.000000178. The van der Waals surface area contributed by atoms with E-state index in [1.165, 1.54) is 103 Å². The van der Waals surface area contributed by atoms with Gasteiger partial charge >= 0.3 is 23.9 Å². The van der Waals surface area contributed by atoms with E-state index in [4.69, 9.17) is 132 Å². The van der Waals surface area contributed by atoms with Crippen LogP contribution in [0.15, 0.2) is 0 Å². The Morgan fingerprint density at radius 2 is 0.311 bits per heavy atom. The molecule has 8 aliphatic carbocycles. The summed E-state index contributed by atoms with van der Waals surface area (Å²) < 4.78 is 46.2. The molecule has 0 unspecified atom stereocenters. The standard InChI is InChI=1S/4C10H19O2PS2.Sn/c4*14-13(15,11-9-5-1-2-6-9)12-10-7-3-4-8-10;/h4*9-10H,1-8H2,(H,14,15);/q;;;;+4/p-4. The summed E-state index contributed by atoms with van der Waals surface area (Å²) >= 11 is 42.4.